The van der Waals surface area contributed by atoms with Crippen LogP contribution in [0.4, 0.5) is 26.6 Å². The van der Waals surface area contributed by atoms with Crippen molar-refractivity contribution in [1.29, 1.82) is 0 Å². The molecule has 1 aliphatic carbocycles. The maximum atomic E-state index is 15.1. The lowest BCUT2D eigenvalue weighted by Gasteiger charge is -2.37. The van der Waals surface area contributed by atoms with E-state index in [1.807, 2.05) is 35.3 Å². The molecule has 1 saturated heterocycles. The number of anilines is 3. The number of carbonyl (C=O) groups excluding carboxylic acids is 1. The van der Waals surface area contributed by atoms with Gasteiger partial charge >= 0.3 is 6.03 Å². The van der Waals surface area contributed by atoms with Gasteiger partial charge in [-0.1, -0.05) is 37.5 Å². The molecule has 2 aromatic heterocycles. The van der Waals surface area contributed by atoms with E-state index in [9.17, 15) is 4.79 Å². The Kier molecular flexibility index (Phi) is 7.01. The van der Waals surface area contributed by atoms with E-state index in [-0.39, 0.29) is 11.9 Å². The summed E-state index contributed by atoms with van der Waals surface area (Å²) >= 11 is 0. The lowest BCUT2D eigenvalue weighted by molar-refractivity contribution is 0.240. The van der Waals surface area contributed by atoms with Gasteiger partial charge in [0.1, 0.15) is 0 Å². The first-order valence-corrected chi connectivity index (χ1v) is 12.3. The molecule has 2 amide bonds. The topological polar surface area (TPSA) is 98.3 Å². The predicted molar refractivity (Wildman–Crippen MR) is 134 cm³/mol. The second-order valence-electron chi connectivity index (χ2n) is 9.09. The molecular weight excluding hydrogens is 447 g/mol. The molecule has 184 valence electrons. The van der Waals surface area contributed by atoms with Gasteiger partial charge in [-0.3, -0.25) is 5.32 Å². The predicted octanol–water partition coefficient (Wildman–Crippen LogP) is 3.88. The first-order valence-electron chi connectivity index (χ1n) is 12.3. The van der Waals surface area contributed by atoms with E-state index in [0.29, 0.717) is 22.5 Å². The van der Waals surface area contributed by atoms with Crippen LogP contribution in [0.5, 0.6) is 0 Å². The molecule has 1 aromatic carbocycles. The van der Waals surface area contributed by atoms with Gasteiger partial charge in [-0.2, -0.15) is 4.98 Å². The molecule has 0 radical (unpaired) electrons. The summed E-state index contributed by atoms with van der Waals surface area (Å²) in [7, 11) is 0. The third kappa shape index (κ3) is 5.18. The highest BCUT2D eigenvalue weighted by Gasteiger charge is 2.24. The second kappa shape index (κ2) is 10.5. The Labute approximate surface area is 204 Å². The zero-order chi connectivity index (χ0) is 24.2. The highest BCUT2D eigenvalue weighted by Crippen LogP contribution is 2.28. The van der Waals surface area contributed by atoms with Gasteiger partial charge in [-0.05, 0) is 31.9 Å². The van der Waals surface area contributed by atoms with Gasteiger partial charge in [-0.15, -0.1) is 0 Å². The Bertz CT molecular complexity index is 1180. The smallest absolute Gasteiger partial charge is 0.320 e. The Morgan fingerprint density at radius 1 is 1.11 bits per heavy atom. The minimum Gasteiger partial charge on any atom is -0.335 e. The minimum atomic E-state index is -0.574. The molecule has 0 atom stereocenters. The lowest BCUT2D eigenvalue weighted by Crippen LogP contribution is -2.51. The number of rotatable bonds is 5. The van der Waals surface area contributed by atoms with Crippen LogP contribution in [0.2, 0.25) is 0 Å². The number of fused-ring (bicyclic) bond motifs is 1. The Hall–Kier alpha value is -3.37. The average molecular weight is 479 g/mol. The summed E-state index contributed by atoms with van der Waals surface area (Å²) in [6.45, 7) is 4.94. The van der Waals surface area contributed by atoms with E-state index in [2.05, 4.69) is 30.9 Å². The van der Waals surface area contributed by atoms with E-state index in [4.69, 9.17) is 4.98 Å². The number of benzene rings is 1. The zero-order valence-corrected chi connectivity index (χ0v) is 19.9. The quantitative estimate of drug-likeness (QED) is 0.512. The maximum Gasteiger partial charge on any atom is 0.320 e. The fourth-order valence-corrected chi connectivity index (χ4v) is 4.75. The summed E-state index contributed by atoms with van der Waals surface area (Å²) in [5, 5.41) is 13.6. The molecule has 0 bridgehead atoms. The molecule has 9 nitrogen and oxygen atoms in total. The number of aryl methyl sites for hydroxylation is 1. The summed E-state index contributed by atoms with van der Waals surface area (Å²) in [5.74, 6) is -0.252. The molecule has 0 unspecified atom stereocenters. The Balaban J connectivity index is 1.46. The summed E-state index contributed by atoms with van der Waals surface area (Å²) in [4.78, 5) is 26.3. The second-order valence-corrected chi connectivity index (χ2v) is 9.09. The van der Waals surface area contributed by atoms with Crippen molar-refractivity contribution >= 4 is 34.5 Å². The molecule has 5 rings (SSSR count). The zero-order valence-electron chi connectivity index (χ0n) is 19.9. The molecule has 3 aromatic rings. The number of hydrogen-bond donors (Lipinski definition) is 3. The van der Waals surface area contributed by atoms with Crippen molar-refractivity contribution in [2.75, 3.05) is 36.5 Å². The van der Waals surface area contributed by atoms with Crippen molar-refractivity contribution in [3.05, 3.63) is 47.9 Å². The number of pyridine rings is 1. The van der Waals surface area contributed by atoms with E-state index in [1.54, 1.807) is 13.1 Å². The highest BCUT2D eigenvalue weighted by molar-refractivity contribution is 5.91. The number of para-hydroxylation sites is 1. The van der Waals surface area contributed by atoms with Crippen LogP contribution in [0.1, 0.15) is 37.7 Å². The van der Waals surface area contributed by atoms with Crippen molar-refractivity contribution < 1.29 is 9.18 Å². The number of carbonyl (C=O) groups is 1. The summed E-state index contributed by atoms with van der Waals surface area (Å²) in [6, 6.07) is 9.57. The van der Waals surface area contributed by atoms with Crippen LogP contribution in [-0.4, -0.2) is 58.2 Å². The van der Waals surface area contributed by atoms with Crippen LogP contribution in [-0.2, 0) is 0 Å². The van der Waals surface area contributed by atoms with Crippen molar-refractivity contribution in [3.63, 3.8) is 0 Å². The van der Waals surface area contributed by atoms with E-state index in [1.165, 1.54) is 6.42 Å². The molecule has 1 saturated carbocycles. The normalized spacial score (nSPS) is 17.3. The van der Waals surface area contributed by atoms with Crippen LogP contribution < -0.4 is 21.0 Å². The third-order valence-electron chi connectivity index (χ3n) is 6.65. The molecule has 35 heavy (non-hydrogen) atoms. The molecular formula is C25H31FN8O. The fourth-order valence-electron chi connectivity index (χ4n) is 4.75. The molecule has 3 heterocycles. The minimum absolute atomic E-state index is 0.112. The monoisotopic (exact) mass is 478 g/mol. The molecule has 1 aliphatic heterocycles. The molecule has 3 N–H and O–H groups in total. The largest absolute Gasteiger partial charge is 0.335 e. The number of piperazine rings is 1. The molecule has 0 spiro atoms. The van der Waals surface area contributed by atoms with Crippen LogP contribution in [0.15, 0.2) is 36.5 Å². The van der Waals surface area contributed by atoms with Gasteiger partial charge < -0.3 is 10.6 Å². The molecule has 10 heteroatoms. The number of halogens is 1. The van der Waals surface area contributed by atoms with Gasteiger partial charge in [0.2, 0.25) is 5.95 Å². The average Bonchev–Trinajstić information content (AvgIpc) is 2.89. The fraction of sp³-hybridized carbons (Fsp3) is 0.440. The first kappa shape index (κ1) is 23.4. The molecule has 2 fully saturated rings. The van der Waals surface area contributed by atoms with Crippen LogP contribution in [0.25, 0.3) is 11.0 Å². The third-order valence-corrected chi connectivity index (χ3v) is 6.65. The van der Waals surface area contributed by atoms with Crippen LogP contribution in [0.3, 0.4) is 0 Å². The maximum absolute atomic E-state index is 15.1. The van der Waals surface area contributed by atoms with Crippen molar-refractivity contribution in [1.82, 2.24) is 30.6 Å². The van der Waals surface area contributed by atoms with Crippen molar-refractivity contribution in [3.8, 4) is 0 Å². The SMILES string of the molecule is Cc1c(F)c(NC(=O)NC2CCCCC2)nc2nc(N(c3ccccc3)N3CCNCC3)ncc12. The Morgan fingerprint density at radius 2 is 1.86 bits per heavy atom. The van der Waals surface area contributed by atoms with Gasteiger partial charge in [-0.25, -0.2) is 29.2 Å². The number of urea groups is 1. The highest BCUT2D eigenvalue weighted by atomic mass is 19.1. The van der Waals surface area contributed by atoms with Gasteiger partial charge in [0, 0.05) is 49.4 Å². The van der Waals surface area contributed by atoms with Crippen LogP contribution in [0, 0.1) is 12.7 Å². The van der Waals surface area contributed by atoms with Crippen LogP contribution >= 0.6 is 0 Å². The summed E-state index contributed by atoms with van der Waals surface area (Å²) < 4.78 is 15.1. The number of aromatic nitrogens is 3. The van der Waals surface area contributed by atoms with Gasteiger partial charge in [0.05, 0.1) is 5.69 Å². The number of amides is 2. The number of nitrogens with one attached hydrogen (secondary N) is 3. The lowest BCUT2D eigenvalue weighted by atomic mass is 9.96. The summed E-state index contributed by atoms with van der Waals surface area (Å²) in [5.41, 5.74) is 1.61. The van der Waals surface area contributed by atoms with Crippen molar-refractivity contribution in [2.24, 2.45) is 0 Å². The number of hydrogen-bond acceptors (Lipinski definition) is 7. The van der Waals surface area contributed by atoms with Gasteiger partial charge in [0.15, 0.2) is 17.3 Å². The number of hydrazine groups is 1. The molecule has 2 aliphatic rings. The standard InChI is InChI=1S/C25H31FN8O/c1-17-20-16-28-24(34(19-10-6-3-7-11-19)33-14-12-27-13-15-33)31-22(20)30-23(21(17)26)32-25(35)29-18-8-4-2-5-9-18/h3,6-7,10-11,16,18,27H,2,4-5,8-9,12-15H2,1H3,(H2,28,29,30,31,32,35). The van der Waals surface area contributed by atoms with E-state index in [0.717, 1.165) is 57.5 Å². The summed E-state index contributed by atoms with van der Waals surface area (Å²) in [6.07, 6.45) is 6.87. The Morgan fingerprint density at radius 3 is 2.60 bits per heavy atom. The van der Waals surface area contributed by atoms with E-state index < -0.39 is 11.8 Å². The van der Waals surface area contributed by atoms with Crippen molar-refractivity contribution in [2.45, 2.75) is 45.1 Å². The number of nitrogens with zero attached hydrogens (tertiary/aromatic N) is 5. The van der Waals surface area contributed by atoms with Gasteiger partial charge in [0.25, 0.3) is 0 Å². The van der Waals surface area contributed by atoms with E-state index >= 15 is 4.39 Å². The first-order chi connectivity index (χ1) is 17.1.